The highest BCUT2D eigenvalue weighted by atomic mass is 16.5. The summed E-state index contributed by atoms with van der Waals surface area (Å²) in [7, 11) is 0. The molecule has 0 aliphatic carbocycles. The zero-order valence-electron chi connectivity index (χ0n) is 12.1. The fraction of sp³-hybridized carbons (Fsp3) is 0.562. The van der Waals surface area contributed by atoms with Gasteiger partial charge < -0.3 is 15.0 Å². The summed E-state index contributed by atoms with van der Waals surface area (Å²) in [6.07, 6.45) is 2.41. The summed E-state index contributed by atoms with van der Waals surface area (Å²) in [5.41, 5.74) is 1.13. The molecule has 0 saturated carbocycles. The summed E-state index contributed by atoms with van der Waals surface area (Å²) < 4.78 is 5.45. The number of rotatable bonds is 6. The average molecular weight is 273 g/mol. The molecule has 1 aromatic carbocycles. The van der Waals surface area contributed by atoms with Gasteiger partial charge in [-0.3, -0.25) is 0 Å². The highest BCUT2D eigenvalue weighted by molar-refractivity contribution is 5.33. The first-order chi connectivity index (χ1) is 9.83. The Morgan fingerprint density at radius 1 is 1.35 bits per heavy atom. The van der Waals surface area contributed by atoms with Gasteiger partial charge in [0, 0.05) is 18.2 Å². The van der Waals surface area contributed by atoms with Crippen LogP contribution in [0, 0.1) is 11.3 Å². The van der Waals surface area contributed by atoms with E-state index in [0.29, 0.717) is 6.04 Å². The third-order valence-electron chi connectivity index (χ3n) is 3.88. The Labute approximate surface area is 121 Å². The summed E-state index contributed by atoms with van der Waals surface area (Å²) in [5, 5.41) is 12.2. The fourth-order valence-corrected chi connectivity index (χ4v) is 2.61. The Morgan fingerprint density at radius 3 is 2.80 bits per heavy atom. The van der Waals surface area contributed by atoms with Crippen molar-refractivity contribution in [2.24, 2.45) is 0 Å². The second kappa shape index (κ2) is 7.88. The summed E-state index contributed by atoms with van der Waals surface area (Å²) in [4.78, 5) is 2.49. The van der Waals surface area contributed by atoms with E-state index >= 15 is 0 Å². The lowest BCUT2D eigenvalue weighted by molar-refractivity contribution is 0.205. The lowest BCUT2D eigenvalue weighted by Gasteiger charge is -2.31. The zero-order chi connectivity index (χ0) is 14.2. The normalized spacial score (nSPS) is 16.8. The molecule has 20 heavy (non-hydrogen) atoms. The Morgan fingerprint density at radius 2 is 2.10 bits per heavy atom. The molecule has 0 amide bonds. The number of para-hydroxylation sites is 1. The lowest BCUT2D eigenvalue weighted by Crippen LogP contribution is -2.42. The van der Waals surface area contributed by atoms with Gasteiger partial charge in [-0.25, -0.2) is 0 Å². The maximum atomic E-state index is 8.61. The van der Waals surface area contributed by atoms with Gasteiger partial charge in [-0.1, -0.05) is 25.1 Å². The molecule has 108 valence electrons. The third kappa shape index (κ3) is 4.22. The van der Waals surface area contributed by atoms with Gasteiger partial charge >= 0.3 is 0 Å². The van der Waals surface area contributed by atoms with Crippen LogP contribution in [-0.2, 0) is 6.54 Å². The van der Waals surface area contributed by atoms with Crippen molar-refractivity contribution in [1.29, 1.82) is 5.26 Å². The highest BCUT2D eigenvalue weighted by Crippen LogP contribution is 2.18. The van der Waals surface area contributed by atoms with E-state index in [1.807, 2.05) is 24.3 Å². The predicted octanol–water partition coefficient (Wildman–Crippen LogP) is 2.16. The number of nitrogens with one attached hydrogen (secondary N) is 1. The molecule has 1 saturated heterocycles. The van der Waals surface area contributed by atoms with Crippen LogP contribution in [0.15, 0.2) is 24.3 Å². The van der Waals surface area contributed by atoms with Crippen molar-refractivity contribution in [3.8, 4) is 11.8 Å². The monoisotopic (exact) mass is 273 g/mol. The molecule has 1 heterocycles. The van der Waals surface area contributed by atoms with E-state index in [-0.39, 0.29) is 6.61 Å². The van der Waals surface area contributed by atoms with E-state index in [0.717, 1.165) is 24.4 Å². The molecule has 1 fully saturated rings. The van der Waals surface area contributed by atoms with Crippen molar-refractivity contribution in [1.82, 2.24) is 10.2 Å². The van der Waals surface area contributed by atoms with Crippen LogP contribution in [0.3, 0.4) is 0 Å². The first-order valence-electron chi connectivity index (χ1n) is 7.37. The third-order valence-corrected chi connectivity index (χ3v) is 3.88. The molecule has 0 unspecified atom stereocenters. The molecular formula is C16H23N3O. The van der Waals surface area contributed by atoms with Gasteiger partial charge in [-0.2, -0.15) is 5.26 Å². The standard InChI is InChI=1S/C16H23N3O/c1-2-19-10-7-15(8-11-19)18-13-14-5-3-4-6-16(14)20-12-9-17/h3-6,15,18H,2,7-8,10-13H2,1H3. The SMILES string of the molecule is CCN1CCC(NCc2ccccc2OCC#N)CC1. The largest absolute Gasteiger partial charge is 0.478 e. The van der Waals surface area contributed by atoms with Crippen LogP contribution in [0.25, 0.3) is 0 Å². The van der Waals surface area contributed by atoms with Crippen LogP contribution < -0.4 is 10.1 Å². The number of piperidine rings is 1. The molecule has 4 nitrogen and oxygen atoms in total. The summed E-state index contributed by atoms with van der Waals surface area (Å²) in [5.74, 6) is 0.813. The summed E-state index contributed by atoms with van der Waals surface area (Å²) in [6, 6.07) is 10.5. The van der Waals surface area contributed by atoms with Crippen molar-refractivity contribution in [3.05, 3.63) is 29.8 Å². The van der Waals surface area contributed by atoms with E-state index in [1.165, 1.54) is 25.9 Å². The van der Waals surface area contributed by atoms with Crippen LogP contribution in [-0.4, -0.2) is 37.2 Å². The van der Waals surface area contributed by atoms with Gasteiger partial charge in [0.15, 0.2) is 6.61 Å². The molecule has 0 bridgehead atoms. The molecule has 0 atom stereocenters. The number of likely N-dealkylation sites (tertiary alicyclic amines) is 1. The Hall–Kier alpha value is -1.57. The minimum atomic E-state index is 0.103. The molecule has 1 aliphatic rings. The summed E-state index contributed by atoms with van der Waals surface area (Å²) in [6.45, 7) is 6.64. The van der Waals surface area contributed by atoms with Crippen molar-refractivity contribution in [3.63, 3.8) is 0 Å². The number of benzene rings is 1. The first kappa shape index (κ1) is 14.8. The van der Waals surface area contributed by atoms with Gasteiger partial charge in [0.2, 0.25) is 0 Å². The van der Waals surface area contributed by atoms with Crippen LogP contribution in [0.2, 0.25) is 0 Å². The molecule has 0 spiro atoms. The van der Waals surface area contributed by atoms with Crippen LogP contribution in [0.1, 0.15) is 25.3 Å². The minimum absolute atomic E-state index is 0.103. The van der Waals surface area contributed by atoms with E-state index in [1.54, 1.807) is 0 Å². The number of nitrogens with zero attached hydrogens (tertiary/aromatic N) is 2. The van der Waals surface area contributed by atoms with Crippen molar-refractivity contribution < 1.29 is 4.74 Å². The molecule has 2 rings (SSSR count). The Bertz CT molecular complexity index is 447. The quantitative estimate of drug-likeness (QED) is 0.863. The van der Waals surface area contributed by atoms with Gasteiger partial charge in [0.05, 0.1) is 0 Å². The molecule has 0 aromatic heterocycles. The molecule has 0 radical (unpaired) electrons. The first-order valence-corrected chi connectivity index (χ1v) is 7.37. The number of nitriles is 1. The fourth-order valence-electron chi connectivity index (χ4n) is 2.61. The number of ether oxygens (including phenoxy) is 1. The van der Waals surface area contributed by atoms with Crippen LogP contribution in [0.5, 0.6) is 5.75 Å². The highest BCUT2D eigenvalue weighted by Gasteiger charge is 2.17. The van der Waals surface area contributed by atoms with Crippen LogP contribution in [0.4, 0.5) is 0 Å². The molecular weight excluding hydrogens is 250 g/mol. The number of hydrogen-bond donors (Lipinski definition) is 1. The van der Waals surface area contributed by atoms with Gasteiger partial charge in [0.1, 0.15) is 11.8 Å². The van der Waals surface area contributed by atoms with Crippen molar-refractivity contribution in [2.75, 3.05) is 26.2 Å². The second-order valence-electron chi connectivity index (χ2n) is 5.14. The second-order valence-corrected chi connectivity index (χ2v) is 5.14. The van der Waals surface area contributed by atoms with Crippen molar-refractivity contribution >= 4 is 0 Å². The topological polar surface area (TPSA) is 48.3 Å². The smallest absolute Gasteiger partial charge is 0.174 e. The van der Waals surface area contributed by atoms with E-state index in [9.17, 15) is 0 Å². The van der Waals surface area contributed by atoms with Gasteiger partial charge in [0.25, 0.3) is 0 Å². The Kier molecular flexibility index (Phi) is 5.85. The van der Waals surface area contributed by atoms with E-state index < -0.39 is 0 Å². The predicted molar refractivity (Wildman–Crippen MR) is 79.5 cm³/mol. The maximum Gasteiger partial charge on any atom is 0.174 e. The Balaban J connectivity index is 1.83. The van der Waals surface area contributed by atoms with Crippen molar-refractivity contribution in [2.45, 2.75) is 32.4 Å². The van der Waals surface area contributed by atoms with Gasteiger partial charge in [-0.15, -0.1) is 0 Å². The number of hydrogen-bond acceptors (Lipinski definition) is 4. The summed E-state index contributed by atoms with van der Waals surface area (Å²) >= 11 is 0. The van der Waals surface area contributed by atoms with Gasteiger partial charge in [-0.05, 0) is 38.5 Å². The maximum absolute atomic E-state index is 8.61. The zero-order valence-corrected chi connectivity index (χ0v) is 12.1. The van der Waals surface area contributed by atoms with Crippen LogP contribution >= 0.6 is 0 Å². The molecule has 1 N–H and O–H groups in total. The molecule has 1 aromatic rings. The minimum Gasteiger partial charge on any atom is -0.478 e. The average Bonchev–Trinajstić information content (AvgIpc) is 2.52. The lowest BCUT2D eigenvalue weighted by atomic mass is 10.0. The van der Waals surface area contributed by atoms with E-state index in [2.05, 4.69) is 23.2 Å². The molecule has 1 aliphatic heterocycles. The molecule has 4 heteroatoms. The van der Waals surface area contributed by atoms with E-state index in [4.69, 9.17) is 10.00 Å².